The Morgan fingerprint density at radius 2 is 1.95 bits per heavy atom. The van der Waals surface area contributed by atoms with Gasteiger partial charge in [-0.25, -0.2) is 0 Å². The van der Waals surface area contributed by atoms with E-state index in [0.29, 0.717) is 11.1 Å². The van der Waals surface area contributed by atoms with Crippen LogP contribution in [0.1, 0.15) is 19.5 Å². The van der Waals surface area contributed by atoms with E-state index in [2.05, 4.69) is 22.5 Å². The van der Waals surface area contributed by atoms with Gasteiger partial charge in [0.15, 0.2) is 0 Å². The lowest BCUT2D eigenvalue weighted by Crippen LogP contribution is -2.09. The zero-order valence-electron chi connectivity index (χ0n) is 12.3. The van der Waals surface area contributed by atoms with Crippen molar-refractivity contribution >= 4 is 22.4 Å². The van der Waals surface area contributed by atoms with E-state index < -0.39 is 0 Å². The second-order valence-corrected chi connectivity index (χ2v) is 4.47. The molecule has 0 spiro atoms. The van der Waals surface area contributed by atoms with Gasteiger partial charge in [0.05, 0.1) is 0 Å². The van der Waals surface area contributed by atoms with Gasteiger partial charge in [0.25, 0.3) is 5.56 Å². The quantitative estimate of drug-likeness (QED) is 0.785. The highest BCUT2D eigenvalue weighted by molar-refractivity contribution is 5.92. The summed E-state index contributed by atoms with van der Waals surface area (Å²) in [6.45, 7) is 6.41. The van der Waals surface area contributed by atoms with Crippen LogP contribution in [0.2, 0.25) is 0 Å². The summed E-state index contributed by atoms with van der Waals surface area (Å²) >= 11 is 0. The van der Waals surface area contributed by atoms with Crippen LogP contribution in [-0.4, -0.2) is 24.5 Å². The van der Waals surface area contributed by atoms with Crippen LogP contribution in [-0.2, 0) is 4.79 Å². The first-order valence-electron chi connectivity index (χ1n) is 6.53. The predicted molar refractivity (Wildman–Crippen MR) is 83.2 cm³/mol. The maximum Gasteiger partial charge on any atom is 0.256 e. The summed E-state index contributed by atoms with van der Waals surface area (Å²) in [5, 5.41) is 7.03. The van der Waals surface area contributed by atoms with Gasteiger partial charge in [-0.3, -0.25) is 9.59 Å². The first-order chi connectivity index (χ1) is 9.47. The maximum absolute atomic E-state index is 11.7. The predicted octanol–water partition coefficient (Wildman–Crippen LogP) is 2.02. The summed E-state index contributed by atoms with van der Waals surface area (Å²) in [5.74, 6) is -0.150. The number of hydrogen-bond acceptors (Lipinski definition) is 3. The molecular weight excluding hydrogens is 254 g/mol. The number of nitrogens with one attached hydrogen (secondary N) is 3. The minimum atomic E-state index is -0.150. The highest BCUT2D eigenvalue weighted by Crippen LogP contribution is 2.16. The third-order valence-electron chi connectivity index (χ3n) is 2.65. The monoisotopic (exact) mass is 275 g/mol. The zero-order chi connectivity index (χ0) is 15.1. The lowest BCUT2D eigenvalue weighted by atomic mass is 10.1. The van der Waals surface area contributed by atoms with Gasteiger partial charge in [-0.15, -0.1) is 0 Å². The number of aromatic amines is 1. The third kappa shape index (κ3) is 4.51. The molecule has 0 unspecified atom stereocenters. The van der Waals surface area contributed by atoms with Gasteiger partial charge < -0.3 is 15.6 Å². The van der Waals surface area contributed by atoms with Crippen molar-refractivity contribution in [3.05, 3.63) is 40.3 Å². The summed E-state index contributed by atoms with van der Waals surface area (Å²) in [6.07, 6.45) is 0. The fraction of sp³-hybridized carbons (Fsp3) is 0.333. The Kier molecular flexibility index (Phi) is 5.93. The summed E-state index contributed by atoms with van der Waals surface area (Å²) < 4.78 is 0. The Morgan fingerprint density at radius 3 is 2.50 bits per heavy atom. The molecular formula is C15H21N3O2. The van der Waals surface area contributed by atoms with E-state index >= 15 is 0 Å². The highest BCUT2D eigenvalue weighted by atomic mass is 16.1. The number of H-pyrrole nitrogens is 1. The second-order valence-electron chi connectivity index (χ2n) is 4.47. The van der Waals surface area contributed by atoms with E-state index in [4.69, 9.17) is 0 Å². The molecule has 0 aliphatic carbocycles. The Morgan fingerprint density at radius 1 is 1.30 bits per heavy atom. The van der Waals surface area contributed by atoms with Gasteiger partial charge in [-0.1, -0.05) is 13.0 Å². The topological polar surface area (TPSA) is 74.0 Å². The number of rotatable bonds is 2. The number of aryl methyl sites for hydroxylation is 1. The van der Waals surface area contributed by atoms with Gasteiger partial charge >= 0.3 is 0 Å². The Balaban J connectivity index is 0.000000444. The van der Waals surface area contributed by atoms with Gasteiger partial charge in [0.1, 0.15) is 0 Å². The molecule has 0 bridgehead atoms. The highest BCUT2D eigenvalue weighted by Gasteiger charge is 2.02. The fourth-order valence-electron chi connectivity index (χ4n) is 1.68. The fourth-order valence-corrected chi connectivity index (χ4v) is 1.68. The molecule has 5 heteroatoms. The number of benzene rings is 1. The Hall–Kier alpha value is -2.14. The molecule has 0 saturated carbocycles. The molecule has 2 aromatic rings. The van der Waals surface area contributed by atoms with Crippen molar-refractivity contribution in [1.29, 1.82) is 0 Å². The lowest BCUT2D eigenvalue weighted by Gasteiger charge is -2.04. The zero-order valence-corrected chi connectivity index (χ0v) is 12.3. The van der Waals surface area contributed by atoms with Crippen molar-refractivity contribution in [2.24, 2.45) is 0 Å². The van der Waals surface area contributed by atoms with E-state index in [1.165, 1.54) is 6.92 Å². The van der Waals surface area contributed by atoms with Crippen molar-refractivity contribution in [1.82, 2.24) is 10.3 Å². The Labute approximate surface area is 118 Å². The van der Waals surface area contributed by atoms with Crippen LogP contribution in [0, 0.1) is 6.92 Å². The van der Waals surface area contributed by atoms with Crippen LogP contribution >= 0.6 is 0 Å². The van der Waals surface area contributed by atoms with Crippen molar-refractivity contribution in [3.8, 4) is 0 Å². The molecule has 5 nitrogen and oxygen atoms in total. The molecule has 0 radical (unpaired) electrons. The van der Waals surface area contributed by atoms with Crippen LogP contribution in [0.4, 0.5) is 5.69 Å². The molecule has 2 rings (SSSR count). The van der Waals surface area contributed by atoms with Crippen LogP contribution in [0.3, 0.4) is 0 Å². The van der Waals surface area contributed by atoms with Crippen LogP contribution < -0.4 is 16.2 Å². The van der Waals surface area contributed by atoms with Gasteiger partial charge in [-0.05, 0) is 44.1 Å². The number of carbonyl (C=O) groups excluding carboxylic acids is 1. The third-order valence-corrected chi connectivity index (χ3v) is 2.65. The SMILES string of the molecule is CC(=O)Nc1ccc2cc(C)[nH]c(=O)c2c1.CCNC. The van der Waals surface area contributed by atoms with Crippen LogP contribution in [0.25, 0.3) is 10.8 Å². The molecule has 3 N–H and O–H groups in total. The molecule has 1 aromatic carbocycles. The maximum atomic E-state index is 11.7. The lowest BCUT2D eigenvalue weighted by molar-refractivity contribution is -0.114. The standard InChI is InChI=1S/C12H12N2O2.C3H9N/c1-7-5-9-3-4-10(14-8(2)15)6-11(9)12(16)13-7;1-3-4-2/h3-6H,1-2H3,(H,13,16)(H,14,15);4H,3H2,1-2H3. The minimum absolute atomic E-state index is 0.137. The normalized spacial score (nSPS) is 9.80. The van der Waals surface area contributed by atoms with Crippen molar-refractivity contribution in [2.45, 2.75) is 20.8 Å². The van der Waals surface area contributed by atoms with E-state index in [1.54, 1.807) is 12.1 Å². The molecule has 0 atom stereocenters. The molecule has 1 heterocycles. The van der Waals surface area contributed by atoms with E-state index in [0.717, 1.165) is 17.6 Å². The van der Waals surface area contributed by atoms with E-state index in [9.17, 15) is 9.59 Å². The van der Waals surface area contributed by atoms with Crippen molar-refractivity contribution in [2.75, 3.05) is 18.9 Å². The largest absolute Gasteiger partial charge is 0.326 e. The number of fused-ring (bicyclic) bond motifs is 1. The van der Waals surface area contributed by atoms with Crippen LogP contribution in [0.5, 0.6) is 0 Å². The molecule has 1 aromatic heterocycles. The smallest absolute Gasteiger partial charge is 0.256 e. The molecule has 0 saturated heterocycles. The first kappa shape index (κ1) is 15.9. The average Bonchev–Trinajstić information content (AvgIpc) is 2.39. The number of carbonyl (C=O) groups is 1. The van der Waals surface area contributed by atoms with Crippen LogP contribution in [0.15, 0.2) is 29.1 Å². The molecule has 108 valence electrons. The average molecular weight is 275 g/mol. The molecule has 20 heavy (non-hydrogen) atoms. The summed E-state index contributed by atoms with van der Waals surface area (Å²) in [7, 11) is 1.93. The summed E-state index contributed by atoms with van der Waals surface area (Å²) in [6, 6.07) is 7.18. The molecule has 0 fully saturated rings. The number of pyridine rings is 1. The molecule has 0 aliphatic rings. The van der Waals surface area contributed by atoms with E-state index in [1.807, 2.05) is 26.1 Å². The number of anilines is 1. The van der Waals surface area contributed by atoms with Gasteiger partial charge in [-0.2, -0.15) is 0 Å². The number of aromatic nitrogens is 1. The number of amides is 1. The van der Waals surface area contributed by atoms with E-state index in [-0.39, 0.29) is 11.5 Å². The van der Waals surface area contributed by atoms with Gasteiger partial charge in [0.2, 0.25) is 5.91 Å². The summed E-state index contributed by atoms with van der Waals surface area (Å²) in [5.41, 5.74) is 1.32. The van der Waals surface area contributed by atoms with Gasteiger partial charge in [0, 0.05) is 23.7 Å². The minimum Gasteiger partial charge on any atom is -0.326 e. The Bertz CT molecular complexity index is 645. The van der Waals surface area contributed by atoms with Crippen molar-refractivity contribution < 1.29 is 4.79 Å². The molecule has 1 amide bonds. The second kappa shape index (κ2) is 7.45. The number of hydrogen-bond donors (Lipinski definition) is 3. The molecule has 0 aliphatic heterocycles. The first-order valence-corrected chi connectivity index (χ1v) is 6.53. The summed E-state index contributed by atoms with van der Waals surface area (Å²) in [4.78, 5) is 25.3. The van der Waals surface area contributed by atoms with Crippen molar-refractivity contribution in [3.63, 3.8) is 0 Å².